The van der Waals surface area contributed by atoms with Crippen LogP contribution in [0.4, 0.5) is 0 Å². The Labute approximate surface area is 262 Å². The lowest BCUT2D eigenvalue weighted by atomic mass is 10.1. The van der Waals surface area contributed by atoms with Crippen LogP contribution in [0.15, 0.2) is 0 Å². The molecular formula is C36H74N2S2. The summed E-state index contributed by atoms with van der Waals surface area (Å²) in [5.41, 5.74) is 0. The van der Waals surface area contributed by atoms with Crippen molar-refractivity contribution in [3.05, 3.63) is 0 Å². The van der Waals surface area contributed by atoms with Gasteiger partial charge in [0, 0.05) is 13.1 Å². The second-order valence-corrected chi connectivity index (χ2v) is 15.1. The Balaban J connectivity index is 1.97. The summed E-state index contributed by atoms with van der Waals surface area (Å²) in [5, 5.41) is 0. The summed E-state index contributed by atoms with van der Waals surface area (Å²) in [4.78, 5) is 5.51. The zero-order valence-corrected chi connectivity index (χ0v) is 29.4. The van der Waals surface area contributed by atoms with Gasteiger partial charge in [-0.15, -0.1) is 0 Å². The standard InChI is InChI=1S/C36H74N2S2/c1-3-5-7-9-11-13-15-17-19-23-33-39-35-25-29-38(32-31-37-27-21-22-28-37)30-26-36-40-34-24-20-18-16-14-12-10-8-6-4-2/h3-36H2,1-2H3. The Hall–Kier alpha value is 0.620. The topological polar surface area (TPSA) is 6.48 Å². The van der Waals surface area contributed by atoms with Gasteiger partial charge >= 0.3 is 0 Å². The molecule has 0 amide bonds. The van der Waals surface area contributed by atoms with Crippen molar-refractivity contribution in [2.24, 2.45) is 0 Å². The Kier molecular flexibility index (Phi) is 31.4. The minimum absolute atomic E-state index is 1.30. The van der Waals surface area contributed by atoms with E-state index in [1.807, 2.05) is 0 Å². The highest BCUT2D eigenvalue weighted by molar-refractivity contribution is 7.99. The molecule has 1 saturated heterocycles. The fourth-order valence-electron chi connectivity index (χ4n) is 5.99. The Morgan fingerprint density at radius 3 is 1.18 bits per heavy atom. The summed E-state index contributed by atoms with van der Waals surface area (Å²) >= 11 is 4.45. The van der Waals surface area contributed by atoms with Crippen LogP contribution in [0.1, 0.15) is 168 Å². The molecule has 0 aromatic carbocycles. The van der Waals surface area contributed by atoms with Gasteiger partial charge in [-0.25, -0.2) is 0 Å². The van der Waals surface area contributed by atoms with Gasteiger partial charge < -0.3 is 9.80 Å². The quantitative estimate of drug-likeness (QED) is 0.0693. The van der Waals surface area contributed by atoms with Crippen LogP contribution in [0.2, 0.25) is 0 Å². The van der Waals surface area contributed by atoms with Crippen molar-refractivity contribution in [2.45, 2.75) is 168 Å². The highest BCUT2D eigenvalue weighted by Crippen LogP contribution is 2.15. The summed E-state index contributed by atoms with van der Waals surface area (Å²) in [6.07, 6.45) is 34.7. The Bertz CT molecular complexity index is 438. The van der Waals surface area contributed by atoms with Crippen LogP contribution in [0, 0.1) is 0 Å². The third kappa shape index (κ3) is 27.5. The molecule has 0 aromatic rings. The molecule has 0 bridgehead atoms. The van der Waals surface area contributed by atoms with Gasteiger partial charge in [0.15, 0.2) is 0 Å². The van der Waals surface area contributed by atoms with Gasteiger partial charge in [-0.3, -0.25) is 0 Å². The van der Waals surface area contributed by atoms with Gasteiger partial charge in [-0.1, -0.05) is 129 Å². The van der Waals surface area contributed by atoms with E-state index in [2.05, 4.69) is 47.2 Å². The van der Waals surface area contributed by atoms with Gasteiger partial charge in [-0.05, 0) is 87.7 Å². The second-order valence-electron chi connectivity index (χ2n) is 12.7. The van der Waals surface area contributed by atoms with Crippen LogP contribution < -0.4 is 0 Å². The normalized spacial score (nSPS) is 14.2. The first-order valence-corrected chi connectivity index (χ1v) is 20.8. The second kappa shape index (κ2) is 32.5. The van der Waals surface area contributed by atoms with E-state index in [9.17, 15) is 0 Å². The highest BCUT2D eigenvalue weighted by Gasteiger charge is 2.13. The zero-order valence-electron chi connectivity index (χ0n) is 27.8. The van der Waals surface area contributed by atoms with E-state index in [4.69, 9.17) is 0 Å². The molecule has 240 valence electrons. The maximum Gasteiger partial charge on any atom is 0.0109 e. The molecule has 0 aliphatic carbocycles. The number of hydrogen-bond donors (Lipinski definition) is 0. The lowest BCUT2D eigenvalue weighted by Crippen LogP contribution is -2.35. The van der Waals surface area contributed by atoms with E-state index in [0.717, 1.165) is 0 Å². The van der Waals surface area contributed by atoms with Crippen LogP contribution >= 0.6 is 23.5 Å². The number of likely N-dealkylation sites (tertiary alicyclic amines) is 1. The van der Waals surface area contributed by atoms with Crippen molar-refractivity contribution in [1.29, 1.82) is 0 Å². The molecule has 1 fully saturated rings. The van der Waals surface area contributed by atoms with Crippen molar-refractivity contribution in [1.82, 2.24) is 9.80 Å². The number of nitrogens with zero attached hydrogens (tertiary/aromatic N) is 2. The SMILES string of the molecule is CCCCCCCCCCCCSCCCN(CCCSCCCCCCCCCCCC)CCN1CCCC1. The summed E-state index contributed by atoms with van der Waals surface area (Å²) < 4.78 is 0. The van der Waals surface area contributed by atoms with Crippen LogP contribution in [-0.2, 0) is 0 Å². The first kappa shape index (κ1) is 38.6. The minimum Gasteiger partial charge on any atom is -0.302 e. The number of thioether (sulfide) groups is 2. The van der Waals surface area contributed by atoms with Crippen molar-refractivity contribution in [3.63, 3.8) is 0 Å². The molecule has 0 saturated carbocycles. The van der Waals surface area contributed by atoms with Crippen LogP contribution in [0.3, 0.4) is 0 Å². The van der Waals surface area contributed by atoms with E-state index in [0.29, 0.717) is 0 Å². The third-order valence-electron chi connectivity index (χ3n) is 8.74. The fourth-order valence-corrected chi connectivity index (χ4v) is 7.88. The molecule has 2 nitrogen and oxygen atoms in total. The first-order chi connectivity index (χ1) is 19.9. The molecule has 1 aliphatic heterocycles. The molecule has 0 spiro atoms. The molecular weight excluding hydrogens is 525 g/mol. The lowest BCUT2D eigenvalue weighted by Gasteiger charge is -2.25. The van der Waals surface area contributed by atoms with E-state index < -0.39 is 0 Å². The molecule has 4 heteroatoms. The fraction of sp³-hybridized carbons (Fsp3) is 1.00. The molecule has 40 heavy (non-hydrogen) atoms. The molecule has 1 aliphatic rings. The smallest absolute Gasteiger partial charge is 0.0109 e. The summed E-state index contributed by atoms with van der Waals surface area (Å²) in [6, 6.07) is 0. The average Bonchev–Trinajstić information content (AvgIpc) is 3.49. The summed E-state index contributed by atoms with van der Waals surface area (Å²) in [5.74, 6) is 5.51. The summed E-state index contributed by atoms with van der Waals surface area (Å²) in [7, 11) is 0. The molecule has 1 heterocycles. The molecule has 0 N–H and O–H groups in total. The van der Waals surface area contributed by atoms with Gasteiger partial charge in [0.1, 0.15) is 0 Å². The van der Waals surface area contributed by atoms with Crippen molar-refractivity contribution >= 4 is 23.5 Å². The van der Waals surface area contributed by atoms with Crippen molar-refractivity contribution in [2.75, 3.05) is 62.3 Å². The van der Waals surface area contributed by atoms with E-state index in [-0.39, 0.29) is 0 Å². The maximum absolute atomic E-state index is 2.81. The molecule has 0 atom stereocenters. The lowest BCUT2D eigenvalue weighted by molar-refractivity contribution is 0.226. The number of hydrogen-bond acceptors (Lipinski definition) is 4. The maximum atomic E-state index is 2.81. The van der Waals surface area contributed by atoms with Crippen molar-refractivity contribution in [3.8, 4) is 0 Å². The largest absolute Gasteiger partial charge is 0.302 e. The van der Waals surface area contributed by atoms with Crippen LogP contribution in [0.5, 0.6) is 0 Å². The molecule has 0 aromatic heterocycles. The van der Waals surface area contributed by atoms with Gasteiger partial charge in [0.25, 0.3) is 0 Å². The molecule has 1 rings (SSSR count). The zero-order chi connectivity index (χ0) is 28.6. The Morgan fingerprint density at radius 1 is 0.425 bits per heavy atom. The third-order valence-corrected chi connectivity index (χ3v) is 11.1. The number of rotatable bonds is 33. The van der Waals surface area contributed by atoms with Crippen molar-refractivity contribution < 1.29 is 0 Å². The van der Waals surface area contributed by atoms with Gasteiger partial charge in [0.05, 0.1) is 0 Å². The average molecular weight is 599 g/mol. The Morgan fingerprint density at radius 2 is 0.775 bits per heavy atom. The minimum atomic E-state index is 1.30. The first-order valence-electron chi connectivity index (χ1n) is 18.5. The number of unbranched alkanes of at least 4 members (excludes halogenated alkanes) is 18. The van der Waals surface area contributed by atoms with Crippen LogP contribution in [0.25, 0.3) is 0 Å². The van der Waals surface area contributed by atoms with Gasteiger partial charge in [-0.2, -0.15) is 23.5 Å². The monoisotopic (exact) mass is 599 g/mol. The molecule has 0 unspecified atom stereocenters. The van der Waals surface area contributed by atoms with E-state index >= 15 is 0 Å². The predicted octanol–water partition coefficient (Wildman–Crippen LogP) is 11.5. The van der Waals surface area contributed by atoms with Gasteiger partial charge in [0.2, 0.25) is 0 Å². The van der Waals surface area contributed by atoms with Crippen LogP contribution in [-0.4, -0.2) is 72.1 Å². The predicted molar refractivity (Wildman–Crippen MR) is 190 cm³/mol. The molecule has 0 radical (unpaired) electrons. The summed E-state index contributed by atoms with van der Waals surface area (Å²) in [6.45, 7) is 12.6. The van der Waals surface area contributed by atoms with E-state index in [1.165, 1.54) is 216 Å². The van der Waals surface area contributed by atoms with E-state index in [1.54, 1.807) is 0 Å². The highest BCUT2D eigenvalue weighted by atomic mass is 32.2.